The fraction of sp³-hybridized carbons (Fsp3) is 0.100. The quantitative estimate of drug-likeness (QED) is 0.875. The van der Waals surface area contributed by atoms with E-state index in [4.69, 9.17) is 17.3 Å². The summed E-state index contributed by atoms with van der Waals surface area (Å²) in [5, 5.41) is 4.78. The number of halogens is 2. The van der Waals surface area contributed by atoms with E-state index in [-0.39, 0.29) is 0 Å². The molecule has 1 aromatic carbocycles. The van der Waals surface area contributed by atoms with Crippen molar-refractivity contribution in [3.05, 3.63) is 33.9 Å². The molecule has 0 fully saturated rings. The van der Waals surface area contributed by atoms with Gasteiger partial charge in [-0.25, -0.2) is 0 Å². The van der Waals surface area contributed by atoms with Gasteiger partial charge in [-0.1, -0.05) is 33.6 Å². The van der Waals surface area contributed by atoms with E-state index < -0.39 is 0 Å². The van der Waals surface area contributed by atoms with E-state index in [1.165, 1.54) is 0 Å². The number of nitrogens with zero attached hydrogens (tertiary/aromatic N) is 2. The number of anilines is 1. The van der Waals surface area contributed by atoms with Crippen molar-refractivity contribution in [2.24, 2.45) is 7.05 Å². The summed E-state index contributed by atoms with van der Waals surface area (Å²) in [6.07, 6.45) is 1.74. The van der Waals surface area contributed by atoms with Crippen LogP contribution in [0.5, 0.6) is 0 Å². The first-order chi connectivity index (χ1) is 7.09. The maximum Gasteiger partial charge on any atom is 0.129 e. The Hall–Kier alpha value is -1.00. The number of nitrogen functional groups attached to an aromatic ring is 1. The third-order valence-electron chi connectivity index (χ3n) is 2.21. The van der Waals surface area contributed by atoms with Crippen LogP contribution in [-0.4, -0.2) is 9.78 Å². The van der Waals surface area contributed by atoms with Crippen LogP contribution < -0.4 is 5.73 Å². The Bertz CT molecular complexity index is 507. The van der Waals surface area contributed by atoms with Gasteiger partial charge in [-0.2, -0.15) is 5.10 Å². The molecule has 2 N–H and O–H groups in total. The maximum atomic E-state index is 5.89. The smallest absolute Gasteiger partial charge is 0.129 e. The van der Waals surface area contributed by atoms with Crippen LogP contribution in [0.2, 0.25) is 5.02 Å². The normalized spacial score (nSPS) is 10.6. The van der Waals surface area contributed by atoms with Crippen LogP contribution in [0.25, 0.3) is 11.1 Å². The molecule has 0 atom stereocenters. The minimum atomic E-state index is 0.637. The lowest BCUT2D eigenvalue weighted by Crippen LogP contribution is -1.98. The SMILES string of the molecule is Cn1ncc(-c2ccc(Cl)cc2Br)c1N. The summed E-state index contributed by atoms with van der Waals surface area (Å²) in [6, 6.07) is 5.58. The number of benzene rings is 1. The van der Waals surface area contributed by atoms with Gasteiger partial charge in [-0.15, -0.1) is 0 Å². The van der Waals surface area contributed by atoms with Crippen molar-refractivity contribution in [2.75, 3.05) is 5.73 Å². The highest BCUT2D eigenvalue weighted by Crippen LogP contribution is 2.33. The summed E-state index contributed by atoms with van der Waals surface area (Å²) < 4.78 is 2.55. The monoisotopic (exact) mass is 285 g/mol. The van der Waals surface area contributed by atoms with Crippen molar-refractivity contribution in [1.29, 1.82) is 0 Å². The lowest BCUT2D eigenvalue weighted by atomic mass is 10.1. The number of aromatic nitrogens is 2. The summed E-state index contributed by atoms with van der Waals surface area (Å²) in [6.45, 7) is 0. The summed E-state index contributed by atoms with van der Waals surface area (Å²) in [5.74, 6) is 0.637. The Morgan fingerprint density at radius 3 is 2.67 bits per heavy atom. The largest absolute Gasteiger partial charge is 0.383 e. The number of nitrogens with two attached hydrogens (primary N) is 1. The molecule has 1 heterocycles. The average Bonchev–Trinajstić information content (AvgIpc) is 2.49. The molecule has 0 spiro atoms. The van der Waals surface area contributed by atoms with E-state index in [2.05, 4.69) is 21.0 Å². The molecular formula is C10H9BrClN3. The maximum absolute atomic E-state index is 5.89. The molecule has 2 aromatic rings. The zero-order chi connectivity index (χ0) is 11.0. The Labute approximate surface area is 101 Å². The zero-order valence-electron chi connectivity index (χ0n) is 8.04. The Morgan fingerprint density at radius 1 is 1.40 bits per heavy atom. The predicted octanol–water partition coefficient (Wildman–Crippen LogP) is 3.09. The molecule has 1 aromatic heterocycles. The van der Waals surface area contributed by atoms with Crippen LogP contribution in [0.15, 0.2) is 28.9 Å². The number of hydrogen-bond donors (Lipinski definition) is 1. The molecule has 0 aliphatic carbocycles. The molecule has 15 heavy (non-hydrogen) atoms. The standard InChI is InChI=1S/C10H9BrClN3/c1-15-10(13)8(5-14-15)7-3-2-6(12)4-9(7)11/h2-5H,13H2,1H3. The van der Waals surface area contributed by atoms with Crippen molar-refractivity contribution in [1.82, 2.24) is 9.78 Å². The van der Waals surface area contributed by atoms with Crippen molar-refractivity contribution in [3.63, 3.8) is 0 Å². The Morgan fingerprint density at radius 2 is 2.13 bits per heavy atom. The molecule has 2 rings (SSSR count). The van der Waals surface area contributed by atoms with Gasteiger partial charge in [0.05, 0.1) is 6.20 Å². The van der Waals surface area contributed by atoms with E-state index in [1.54, 1.807) is 10.9 Å². The van der Waals surface area contributed by atoms with E-state index in [0.717, 1.165) is 15.6 Å². The summed E-state index contributed by atoms with van der Waals surface area (Å²) in [4.78, 5) is 0. The molecule has 5 heteroatoms. The molecule has 3 nitrogen and oxygen atoms in total. The topological polar surface area (TPSA) is 43.8 Å². The first-order valence-electron chi connectivity index (χ1n) is 4.32. The van der Waals surface area contributed by atoms with E-state index >= 15 is 0 Å². The molecule has 0 saturated carbocycles. The van der Waals surface area contributed by atoms with Crippen molar-refractivity contribution in [3.8, 4) is 11.1 Å². The second kappa shape index (κ2) is 3.87. The first-order valence-corrected chi connectivity index (χ1v) is 5.49. The summed E-state index contributed by atoms with van der Waals surface area (Å²) in [7, 11) is 1.81. The lowest BCUT2D eigenvalue weighted by molar-refractivity contribution is 0.779. The second-order valence-corrected chi connectivity index (χ2v) is 4.48. The van der Waals surface area contributed by atoms with Gasteiger partial charge >= 0.3 is 0 Å². The molecule has 0 unspecified atom stereocenters. The minimum absolute atomic E-state index is 0.637. The minimum Gasteiger partial charge on any atom is -0.383 e. The van der Waals surface area contributed by atoms with Crippen LogP contribution in [0.3, 0.4) is 0 Å². The number of hydrogen-bond acceptors (Lipinski definition) is 2. The molecule has 0 aliphatic heterocycles. The van der Waals surface area contributed by atoms with Gasteiger partial charge < -0.3 is 5.73 Å². The van der Waals surface area contributed by atoms with Gasteiger partial charge in [-0.05, 0) is 12.1 Å². The molecule has 0 saturated heterocycles. The van der Waals surface area contributed by atoms with Gasteiger partial charge in [0.2, 0.25) is 0 Å². The van der Waals surface area contributed by atoms with Crippen LogP contribution in [-0.2, 0) is 7.05 Å². The Balaban J connectivity index is 2.59. The third-order valence-corrected chi connectivity index (χ3v) is 3.10. The highest BCUT2D eigenvalue weighted by molar-refractivity contribution is 9.10. The van der Waals surface area contributed by atoms with E-state index in [9.17, 15) is 0 Å². The van der Waals surface area contributed by atoms with Crippen LogP contribution in [0.1, 0.15) is 0 Å². The Kier molecular flexibility index (Phi) is 2.71. The molecule has 0 aliphatic rings. The molecule has 0 radical (unpaired) electrons. The number of aryl methyl sites for hydroxylation is 1. The second-order valence-electron chi connectivity index (χ2n) is 3.19. The predicted molar refractivity (Wildman–Crippen MR) is 65.8 cm³/mol. The fourth-order valence-electron chi connectivity index (χ4n) is 1.36. The van der Waals surface area contributed by atoms with Crippen LogP contribution in [0, 0.1) is 0 Å². The number of rotatable bonds is 1. The van der Waals surface area contributed by atoms with Gasteiger partial charge in [0.25, 0.3) is 0 Å². The highest BCUT2D eigenvalue weighted by Gasteiger charge is 2.10. The molecule has 0 amide bonds. The lowest BCUT2D eigenvalue weighted by Gasteiger charge is -2.04. The van der Waals surface area contributed by atoms with Gasteiger partial charge in [0.15, 0.2) is 0 Å². The first kappa shape index (κ1) is 10.5. The molecule has 0 bridgehead atoms. The van der Waals surface area contributed by atoms with Gasteiger partial charge in [0.1, 0.15) is 5.82 Å². The van der Waals surface area contributed by atoms with Crippen LogP contribution >= 0.6 is 27.5 Å². The summed E-state index contributed by atoms with van der Waals surface area (Å²) >= 11 is 9.32. The highest BCUT2D eigenvalue weighted by atomic mass is 79.9. The zero-order valence-corrected chi connectivity index (χ0v) is 10.4. The van der Waals surface area contributed by atoms with E-state index in [0.29, 0.717) is 10.8 Å². The third kappa shape index (κ3) is 1.87. The van der Waals surface area contributed by atoms with Crippen molar-refractivity contribution < 1.29 is 0 Å². The molecular weight excluding hydrogens is 277 g/mol. The molecule has 78 valence electrons. The van der Waals surface area contributed by atoms with Crippen LogP contribution in [0.4, 0.5) is 5.82 Å². The average molecular weight is 287 g/mol. The van der Waals surface area contributed by atoms with Gasteiger partial charge in [-0.3, -0.25) is 4.68 Å². The van der Waals surface area contributed by atoms with Crippen molar-refractivity contribution in [2.45, 2.75) is 0 Å². The van der Waals surface area contributed by atoms with E-state index in [1.807, 2.05) is 25.2 Å². The fourth-order valence-corrected chi connectivity index (χ4v) is 2.26. The summed E-state index contributed by atoms with van der Waals surface area (Å²) in [5.41, 5.74) is 7.78. The van der Waals surface area contributed by atoms with Gasteiger partial charge in [0, 0.05) is 27.7 Å². The van der Waals surface area contributed by atoms with Crippen molar-refractivity contribution >= 4 is 33.3 Å².